The van der Waals surface area contributed by atoms with E-state index in [1.165, 1.54) is 0 Å². The van der Waals surface area contributed by atoms with E-state index < -0.39 is 0 Å². The van der Waals surface area contributed by atoms with Crippen LogP contribution in [-0.2, 0) is 0 Å². The highest BCUT2D eigenvalue weighted by molar-refractivity contribution is 7.99. The number of guanidine groups is 2. The summed E-state index contributed by atoms with van der Waals surface area (Å²) < 4.78 is 0. The van der Waals surface area contributed by atoms with Gasteiger partial charge < -0.3 is 22.5 Å². The Balaban J connectivity index is 3.09. The smallest absolute Gasteiger partial charge is 0.185 e. The Morgan fingerprint density at radius 1 is 1.31 bits per heavy atom. The van der Waals surface area contributed by atoms with Gasteiger partial charge in [0.2, 0.25) is 0 Å². The maximum Gasteiger partial charge on any atom is 0.185 e. The van der Waals surface area contributed by atoms with Crippen LogP contribution >= 0.6 is 11.8 Å². The Hall–Kier alpha value is -1.11. The van der Waals surface area contributed by atoms with E-state index in [-0.39, 0.29) is 11.9 Å². The topological polar surface area (TPSA) is 126 Å². The summed E-state index contributed by atoms with van der Waals surface area (Å²) >= 11 is 1.70. The quantitative estimate of drug-likeness (QED) is 0.204. The van der Waals surface area contributed by atoms with Crippen molar-refractivity contribution in [3.8, 4) is 0 Å². The highest BCUT2D eigenvalue weighted by Gasteiger charge is 1.89. The SMILES string of the molecule is N=C(N)NCCSCCN=C(N)N. The van der Waals surface area contributed by atoms with Gasteiger partial charge in [-0.15, -0.1) is 0 Å². The predicted octanol–water partition coefficient (Wildman–Crippen LogP) is -1.52. The molecular weight excluding hydrogens is 188 g/mol. The van der Waals surface area contributed by atoms with E-state index in [9.17, 15) is 0 Å². The molecule has 6 nitrogen and oxygen atoms in total. The number of nitrogens with two attached hydrogens (primary N) is 3. The summed E-state index contributed by atoms with van der Waals surface area (Å²) in [6.45, 7) is 1.33. The van der Waals surface area contributed by atoms with Crippen LogP contribution in [-0.4, -0.2) is 36.5 Å². The third kappa shape index (κ3) is 10.9. The fourth-order valence-corrected chi connectivity index (χ4v) is 1.27. The summed E-state index contributed by atoms with van der Waals surface area (Å²) in [4.78, 5) is 3.82. The van der Waals surface area contributed by atoms with Gasteiger partial charge in [0.15, 0.2) is 11.9 Å². The van der Waals surface area contributed by atoms with Crippen molar-refractivity contribution in [3.63, 3.8) is 0 Å². The Labute approximate surface area is 81.8 Å². The molecule has 0 unspecified atom stereocenters. The van der Waals surface area contributed by atoms with Crippen LogP contribution in [0.4, 0.5) is 0 Å². The Kier molecular flexibility index (Phi) is 6.89. The van der Waals surface area contributed by atoms with Gasteiger partial charge in [0, 0.05) is 18.1 Å². The van der Waals surface area contributed by atoms with Crippen molar-refractivity contribution in [2.75, 3.05) is 24.6 Å². The van der Waals surface area contributed by atoms with Gasteiger partial charge in [-0.2, -0.15) is 11.8 Å². The fourth-order valence-electron chi connectivity index (χ4n) is 0.599. The first kappa shape index (κ1) is 11.9. The fraction of sp³-hybridized carbons (Fsp3) is 0.667. The van der Waals surface area contributed by atoms with Crippen molar-refractivity contribution < 1.29 is 0 Å². The third-order valence-corrected chi connectivity index (χ3v) is 2.06. The van der Waals surface area contributed by atoms with Crippen LogP contribution in [0.3, 0.4) is 0 Å². The molecule has 0 rings (SSSR count). The first-order chi connectivity index (χ1) is 6.13. The second kappa shape index (κ2) is 7.53. The molecular formula is C6H16N6S. The highest BCUT2D eigenvalue weighted by atomic mass is 32.2. The van der Waals surface area contributed by atoms with E-state index in [0.717, 1.165) is 11.5 Å². The van der Waals surface area contributed by atoms with E-state index >= 15 is 0 Å². The zero-order valence-electron chi connectivity index (χ0n) is 7.42. The third-order valence-electron chi connectivity index (χ3n) is 1.09. The molecule has 0 aliphatic heterocycles. The molecule has 0 aliphatic carbocycles. The van der Waals surface area contributed by atoms with Crippen molar-refractivity contribution in [1.82, 2.24) is 5.32 Å². The monoisotopic (exact) mass is 204 g/mol. The Bertz CT molecular complexity index is 176. The minimum atomic E-state index is 0.00447. The van der Waals surface area contributed by atoms with Gasteiger partial charge in [-0.1, -0.05) is 0 Å². The number of aliphatic imine (C=N–C) groups is 1. The molecule has 7 heteroatoms. The van der Waals surface area contributed by atoms with Gasteiger partial charge in [-0.05, 0) is 0 Å². The standard InChI is InChI=1S/C6H16N6S/c7-5(8)11-1-3-13-4-2-12-6(9)10/h1-4H2,(H4,7,8,11)(H4,9,10,12). The second-order valence-corrected chi connectivity index (χ2v) is 3.48. The second-order valence-electron chi connectivity index (χ2n) is 2.26. The van der Waals surface area contributed by atoms with Crippen molar-refractivity contribution in [2.45, 2.75) is 0 Å². The Morgan fingerprint density at radius 3 is 2.54 bits per heavy atom. The van der Waals surface area contributed by atoms with Crippen LogP contribution in [0.2, 0.25) is 0 Å². The van der Waals surface area contributed by atoms with E-state index in [1.54, 1.807) is 11.8 Å². The van der Waals surface area contributed by atoms with Crippen LogP contribution in [0.15, 0.2) is 4.99 Å². The molecule has 0 aliphatic rings. The number of rotatable bonds is 6. The molecule has 0 radical (unpaired) electrons. The van der Waals surface area contributed by atoms with Gasteiger partial charge in [0.05, 0.1) is 6.54 Å². The number of hydrogen-bond donors (Lipinski definition) is 5. The normalized spacial score (nSPS) is 9.23. The average molecular weight is 204 g/mol. The molecule has 0 bridgehead atoms. The summed E-state index contributed by atoms with van der Waals surface area (Å²) in [6, 6.07) is 0. The van der Waals surface area contributed by atoms with Crippen LogP contribution in [0.25, 0.3) is 0 Å². The maximum atomic E-state index is 6.87. The molecule has 0 heterocycles. The minimum absolute atomic E-state index is 0.00447. The average Bonchev–Trinajstić information content (AvgIpc) is 2.01. The van der Waals surface area contributed by atoms with Crippen molar-refractivity contribution in [3.05, 3.63) is 0 Å². The first-order valence-electron chi connectivity index (χ1n) is 3.84. The van der Waals surface area contributed by atoms with Gasteiger partial charge in [-0.3, -0.25) is 10.4 Å². The van der Waals surface area contributed by atoms with Crippen molar-refractivity contribution in [2.24, 2.45) is 22.2 Å². The minimum Gasteiger partial charge on any atom is -0.370 e. The zero-order valence-corrected chi connectivity index (χ0v) is 8.23. The Morgan fingerprint density at radius 2 is 2.00 bits per heavy atom. The molecule has 76 valence electrons. The van der Waals surface area contributed by atoms with Crippen LogP contribution in [0, 0.1) is 5.41 Å². The lowest BCUT2D eigenvalue weighted by Gasteiger charge is -2.02. The van der Waals surface area contributed by atoms with Gasteiger partial charge in [0.25, 0.3) is 0 Å². The molecule has 13 heavy (non-hydrogen) atoms. The first-order valence-corrected chi connectivity index (χ1v) is 4.99. The van der Waals surface area contributed by atoms with E-state index in [1.807, 2.05) is 0 Å². The van der Waals surface area contributed by atoms with Crippen LogP contribution in [0.1, 0.15) is 0 Å². The van der Waals surface area contributed by atoms with E-state index in [4.69, 9.17) is 22.6 Å². The van der Waals surface area contributed by atoms with E-state index in [2.05, 4.69) is 10.3 Å². The summed E-state index contributed by atoms with van der Waals surface area (Å²) in [7, 11) is 0. The molecule has 0 aromatic heterocycles. The van der Waals surface area contributed by atoms with Gasteiger partial charge >= 0.3 is 0 Å². The maximum absolute atomic E-state index is 6.87. The van der Waals surface area contributed by atoms with Crippen LogP contribution < -0.4 is 22.5 Å². The molecule has 0 aromatic carbocycles. The molecule has 0 aromatic rings. The van der Waals surface area contributed by atoms with E-state index in [0.29, 0.717) is 13.1 Å². The molecule has 8 N–H and O–H groups in total. The highest BCUT2D eigenvalue weighted by Crippen LogP contribution is 1.96. The van der Waals surface area contributed by atoms with Gasteiger partial charge in [-0.25, -0.2) is 0 Å². The largest absolute Gasteiger partial charge is 0.370 e. The molecule has 0 fully saturated rings. The van der Waals surface area contributed by atoms with Crippen molar-refractivity contribution >= 4 is 23.7 Å². The number of hydrogen-bond acceptors (Lipinski definition) is 3. The summed E-state index contributed by atoms with van der Waals surface area (Å²) in [5.74, 6) is 1.89. The summed E-state index contributed by atoms with van der Waals surface area (Å²) in [5, 5.41) is 9.57. The molecule has 0 saturated carbocycles. The molecule has 0 saturated heterocycles. The lowest BCUT2D eigenvalue weighted by Crippen LogP contribution is -2.31. The zero-order chi connectivity index (χ0) is 10.1. The number of nitrogens with zero attached hydrogens (tertiary/aromatic N) is 1. The lowest BCUT2D eigenvalue weighted by atomic mass is 10.7. The van der Waals surface area contributed by atoms with Crippen molar-refractivity contribution in [1.29, 1.82) is 5.41 Å². The summed E-state index contributed by atoms with van der Waals surface area (Å²) in [5.41, 5.74) is 15.4. The molecule has 0 atom stereocenters. The number of thioether (sulfide) groups is 1. The number of nitrogens with one attached hydrogen (secondary N) is 2. The predicted molar refractivity (Wildman–Crippen MR) is 57.9 cm³/mol. The van der Waals surface area contributed by atoms with Crippen LogP contribution in [0.5, 0.6) is 0 Å². The van der Waals surface area contributed by atoms with Gasteiger partial charge in [0.1, 0.15) is 0 Å². The molecule has 0 amide bonds. The molecule has 0 spiro atoms. The lowest BCUT2D eigenvalue weighted by molar-refractivity contribution is 0.953. The summed E-state index contributed by atoms with van der Waals surface area (Å²) in [6.07, 6.45) is 0.